The van der Waals surface area contributed by atoms with Gasteiger partial charge in [0.15, 0.2) is 0 Å². The second-order valence-electron chi connectivity index (χ2n) is 7.40. The van der Waals surface area contributed by atoms with Crippen molar-refractivity contribution >= 4 is 12.0 Å². The van der Waals surface area contributed by atoms with Gasteiger partial charge in [-0.3, -0.25) is 0 Å². The minimum Gasteiger partial charge on any atom is -0.466 e. The molecule has 0 spiro atoms. The summed E-state index contributed by atoms with van der Waals surface area (Å²) in [5, 5.41) is 0. The third-order valence-electron chi connectivity index (χ3n) is 4.67. The van der Waals surface area contributed by atoms with Crippen molar-refractivity contribution in [2.75, 3.05) is 7.11 Å². The van der Waals surface area contributed by atoms with Crippen molar-refractivity contribution in [2.45, 2.75) is 39.0 Å². The molecule has 24 heavy (non-hydrogen) atoms. The number of benzene rings is 2. The molecule has 2 heteroatoms. The van der Waals surface area contributed by atoms with E-state index in [4.69, 9.17) is 4.74 Å². The normalized spacial score (nSPS) is 13.9. The molecule has 0 aliphatic heterocycles. The fraction of sp³-hybridized carbons (Fsp3) is 0.318. The molecule has 124 valence electrons. The SMILES string of the molecule is COC(=O)C1=Cc2ccc(-c3ccc(C(C)(C)C)cc3)cc2CC1. The highest BCUT2D eigenvalue weighted by Gasteiger charge is 2.17. The van der Waals surface area contributed by atoms with Crippen LogP contribution < -0.4 is 0 Å². The monoisotopic (exact) mass is 320 g/mol. The highest BCUT2D eigenvalue weighted by Crippen LogP contribution is 2.30. The van der Waals surface area contributed by atoms with Gasteiger partial charge in [-0.2, -0.15) is 0 Å². The lowest BCUT2D eigenvalue weighted by Crippen LogP contribution is -2.10. The quantitative estimate of drug-likeness (QED) is 0.715. The highest BCUT2D eigenvalue weighted by atomic mass is 16.5. The van der Waals surface area contributed by atoms with Crippen molar-refractivity contribution in [3.63, 3.8) is 0 Å². The Labute approximate surface area is 144 Å². The number of hydrogen-bond acceptors (Lipinski definition) is 2. The molecule has 0 amide bonds. The third-order valence-corrected chi connectivity index (χ3v) is 4.67. The number of rotatable bonds is 2. The lowest BCUT2D eigenvalue weighted by atomic mass is 9.85. The number of aryl methyl sites for hydroxylation is 1. The van der Waals surface area contributed by atoms with Crippen LogP contribution in [0.15, 0.2) is 48.0 Å². The first-order valence-corrected chi connectivity index (χ1v) is 8.41. The molecule has 0 unspecified atom stereocenters. The lowest BCUT2D eigenvalue weighted by Gasteiger charge is -2.19. The lowest BCUT2D eigenvalue weighted by molar-refractivity contribution is -0.136. The van der Waals surface area contributed by atoms with E-state index < -0.39 is 0 Å². The van der Waals surface area contributed by atoms with Crippen molar-refractivity contribution in [1.29, 1.82) is 0 Å². The zero-order chi connectivity index (χ0) is 17.3. The van der Waals surface area contributed by atoms with Crippen LogP contribution in [-0.2, 0) is 21.4 Å². The van der Waals surface area contributed by atoms with E-state index in [1.165, 1.54) is 29.4 Å². The molecule has 2 aromatic carbocycles. The molecule has 0 radical (unpaired) electrons. The van der Waals surface area contributed by atoms with Gasteiger partial charge in [-0.25, -0.2) is 4.79 Å². The van der Waals surface area contributed by atoms with Crippen molar-refractivity contribution in [2.24, 2.45) is 0 Å². The highest BCUT2D eigenvalue weighted by molar-refractivity contribution is 5.94. The van der Waals surface area contributed by atoms with Crippen LogP contribution in [0.4, 0.5) is 0 Å². The summed E-state index contributed by atoms with van der Waals surface area (Å²) < 4.78 is 4.83. The smallest absolute Gasteiger partial charge is 0.333 e. The molecule has 0 atom stereocenters. The maximum atomic E-state index is 11.7. The first-order chi connectivity index (χ1) is 11.4. The Morgan fingerprint density at radius 2 is 1.62 bits per heavy atom. The molecule has 2 nitrogen and oxygen atoms in total. The van der Waals surface area contributed by atoms with Gasteiger partial charge in [0.05, 0.1) is 7.11 Å². The summed E-state index contributed by atoms with van der Waals surface area (Å²) in [5.41, 5.74) is 7.14. The van der Waals surface area contributed by atoms with E-state index in [0.29, 0.717) is 0 Å². The molecule has 0 aromatic heterocycles. The van der Waals surface area contributed by atoms with Gasteiger partial charge in [-0.1, -0.05) is 63.2 Å². The minimum atomic E-state index is -0.220. The first-order valence-electron chi connectivity index (χ1n) is 8.41. The molecule has 3 rings (SSSR count). The molecular weight excluding hydrogens is 296 g/mol. The largest absolute Gasteiger partial charge is 0.466 e. The second-order valence-corrected chi connectivity index (χ2v) is 7.40. The average Bonchev–Trinajstić information content (AvgIpc) is 2.59. The van der Waals surface area contributed by atoms with Crippen LogP contribution in [0.25, 0.3) is 17.2 Å². The summed E-state index contributed by atoms with van der Waals surface area (Å²) >= 11 is 0. The Morgan fingerprint density at radius 1 is 0.958 bits per heavy atom. The van der Waals surface area contributed by atoms with Gasteiger partial charge in [-0.15, -0.1) is 0 Å². The van der Waals surface area contributed by atoms with Crippen molar-refractivity contribution < 1.29 is 9.53 Å². The van der Waals surface area contributed by atoms with Crippen LogP contribution in [0.5, 0.6) is 0 Å². The van der Waals surface area contributed by atoms with E-state index in [9.17, 15) is 4.79 Å². The number of ether oxygens (including phenoxy) is 1. The summed E-state index contributed by atoms with van der Waals surface area (Å²) in [6, 6.07) is 15.3. The maximum absolute atomic E-state index is 11.7. The number of carbonyl (C=O) groups is 1. The van der Waals surface area contributed by atoms with Crippen molar-refractivity contribution in [3.05, 3.63) is 64.7 Å². The fourth-order valence-electron chi connectivity index (χ4n) is 3.13. The average molecular weight is 320 g/mol. The predicted octanol–water partition coefficient (Wildman–Crippen LogP) is 5.15. The van der Waals surface area contributed by atoms with Crippen LogP contribution >= 0.6 is 0 Å². The summed E-state index contributed by atoms with van der Waals surface area (Å²) in [7, 11) is 1.43. The molecular formula is C22H24O2. The van der Waals surface area contributed by atoms with E-state index in [1.807, 2.05) is 6.08 Å². The predicted molar refractivity (Wildman–Crippen MR) is 98.9 cm³/mol. The Morgan fingerprint density at radius 3 is 2.25 bits per heavy atom. The second kappa shape index (κ2) is 6.27. The van der Waals surface area contributed by atoms with Gasteiger partial charge < -0.3 is 4.74 Å². The Bertz CT molecular complexity index is 790. The van der Waals surface area contributed by atoms with Gasteiger partial charge in [0.1, 0.15) is 0 Å². The van der Waals surface area contributed by atoms with E-state index >= 15 is 0 Å². The molecule has 0 saturated carbocycles. The fourth-order valence-corrected chi connectivity index (χ4v) is 3.13. The zero-order valence-corrected chi connectivity index (χ0v) is 14.8. The van der Waals surface area contributed by atoms with E-state index in [-0.39, 0.29) is 11.4 Å². The van der Waals surface area contributed by atoms with Gasteiger partial charge >= 0.3 is 5.97 Å². The van der Waals surface area contributed by atoms with E-state index in [1.54, 1.807) is 0 Å². The summed E-state index contributed by atoms with van der Waals surface area (Å²) in [6.07, 6.45) is 3.58. The topological polar surface area (TPSA) is 26.3 Å². The van der Waals surface area contributed by atoms with Crippen LogP contribution in [0.2, 0.25) is 0 Å². The molecule has 0 fully saturated rings. The van der Waals surface area contributed by atoms with Gasteiger partial charge in [0.25, 0.3) is 0 Å². The number of fused-ring (bicyclic) bond motifs is 1. The molecule has 0 N–H and O–H groups in total. The Kier molecular flexibility index (Phi) is 4.31. The molecule has 1 aliphatic rings. The van der Waals surface area contributed by atoms with E-state index in [0.717, 1.165) is 24.0 Å². The number of esters is 1. The van der Waals surface area contributed by atoms with Crippen LogP contribution in [0.3, 0.4) is 0 Å². The van der Waals surface area contributed by atoms with Gasteiger partial charge in [-0.05, 0) is 52.1 Å². The number of methoxy groups -OCH3 is 1. The Balaban J connectivity index is 1.90. The Hall–Kier alpha value is -2.35. The number of carbonyl (C=O) groups excluding carboxylic acids is 1. The standard InChI is InChI=1S/C22H24O2/c1-22(2,3)20-11-9-15(10-12-20)16-5-6-18-14-19(21(23)24-4)8-7-17(18)13-16/h5-6,9-14H,7-8H2,1-4H3. The molecule has 0 bridgehead atoms. The van der Waals surface area contributed by atoms with E-state index in [2.05, 4.69) is 63.2 Å². The maximum Gasteiger partial charge on any atom is 0.333 e. The number of hydrogen-bond donors (Lipinski definition) is 0. The molecule has 2 aromatic rings. The third kappa shape index (κ3) is 3.28. The summed E-state index contributed by atoms with van der Waals surface area (Å²) in [5.74, 6) is -0.220. The van der Waals surface area contributed by atoms with Crippen molar-refractivity contribution in [1.82, 2.24) is 0 Å². The first kappa shape index (κ1) is 16.5. The molecule has 0 saturated heterocycles. The van der Waals surface area contributed by atoms with Crippen LogP contribution in [0, 0.1) is 0 Å². The van der Waals surface area contributed by atoms with Crippen LogP contribution in [-0.4, -0.2) is 13.1 Å². The molecule has 1 aliphatic carbocycles. The van der Waals surface area contributed by atoms with Crippen LogP contribution in [0.1, 0.15) is 43.9 Å². The summed E-state index contributed by atoms with van der Waals surface area (Å²) in [4.78, 5) is 11.7. The summed E-state index contributed by atoms with van der Waals surface area (Å²) in [6.45, 7) is 6.68. The molecule has 0 heterocycles. The van der Waals surface area contributed by atoms with Gasteiger partial charge in [0, 0.05) is 5.57 Å². The zero-order valence-electron chi connectivity index (χ0n) is 14.8. The minimum absolute atomic E-state index is 0.170. The van der Waals surface area contributed by atoms with Crippen molar-refractivity contribution in [3.8, 4) is 11.1 Å². The van der Waals surface area contributed by atoms with Gasteiger partial charge in [0.2, 0.25) is 0 Å².